The van der Waals surface area contributed by atoms with Crippen molar-refractivity contribution in [2.24, 2.45) is 0 Å². The molecule has 28 heavy (non-hydrogen) atoms. The fourth-order valence-corrected chi connectivity index (χ4v) is 3.91. The standard InChI is InChI=1S/C18H18N8S2/c1-2-11-6-3-4-7-12(11)20-17-22-14(21-16(19)24-17)10-28-18-23-15(25-26-18)13-8-5-9-27-13/h3-9H,2,10H2,1H3,(H,23,25,26)(H3,19,20,21,22,24). The average Bonchev–Trinajstić information content (AvgIpc) is 3.38. The number of thiophene rings is 1. The van der Waals surface area contributed by atoms with Crippen molar-refractivity contribution in [1.29, 1.82) is 0 Å². The number of thioether (sulfide) groups is 1. The highest BCUT2D eigenvalue weighted by Gasteiger charge is 2.11. The zero-order valence-corrected chi connectivity index (χ0v) is 16.7. The van der Waals surface area contributed by atoms with E-state index in [0.717, 1.165) is 22.8 Å². The maximum Gasteiger partial charge on any atom is 0.232 e. The summed E-state index contributed by atoms with van der Waals surface area (Å²) in [6, 6.07) is 12.0. The molecule has 4 N–H and O–H groups in total. The van der Waals surface area contributed by atoms with Gasteiger partial charge in [0.2, 0.25) is 17.1 Å². The van der Waals surface area contributed by atoms with E-state index in [4.69, 9.17) is 5.73 Å². The first-order chi connectivity index (χ1) is 13.7. The first kappa shape index (κ1) is 18.4. The lowest BCUT2D eigenvalue weighted by Crippen LogP contribution is -2.07. The van der Waals surface area contributed by atoms with Crippen LogP contribution in [-0.2, 0) is 12.2 Å². The van der Waals surface area contributed by atoms with E-state index in [1.54, 1.807) is 11.3 Å². The van der Waals surface area contributed by atoms with Crippen LogP contribution >= 0.6 is 23.1 Å². The Hall–Kier alpha value is -2.98. The summed E-state index contributed by atoms with van der Waals surface area (Å²) in [5, 5.41) is 13.1. The number of hydrogen-bond donors (Lipinski definition) is 3. The molecule has 4 rings (SSSR count). The molecule has 0 saturated heterocycles. The van der Waals surface area contributed by atoms with Gasteiger partial charge in [0.25, 0.3) is 0 Å². The van der Waals surface area contributed by atoms with Gasteiger partial charge in [-0.15, -0.1) is 16.4 Å². The normalized spacial score (nSPS) is 10.9. The summed E-state index contributed by atoms with van der Waals surface area (Å²) in [7, 11) is 0. The van der Waals surface area contributed by atoms with Crippen LogP contribution in [0.15, 0.2) is 46.9 Å². The van der Waals surface area contributed by atoms with Gasteiger partial charge in [-0.25, -0.2) is 4.98 Å². The van der Waals surface area contributed by atoms with Gasteiger partial charge in [0, 0.05) is 5.69 Å². The third kappa shape index (κ3) is 4.29. The quantitative estimate of drug-likeness (QED) is 0.393. The fraction of sp³-hybridized carbons (Fsp3) is 0.167. The number of aromatic nitrogens is 6. The second-order valence-electron chi connectivity index (χ2n) is 5.80. The van der Waals surface area contributed by atoms with Gasteiger partial charge in [-0.3, -0.25) is 5.10 Å². The van der Waals surface area contributed by atoms with Crippen molar-refractivity contribution in [1.82, 2.24) is 30.1 Å². The minimum atomic E-state index is 0.177. The zero-order chi connectivity index (χ0) is 19.3. The number of H-pyrrole nitrogens is 1. The largest absolute Gasteiger partial charge is 0.368 e. The molecular weight excluding hydrogens is 392 g/mol. The summed E-state index contributed by atoms with van der Waals surface area (Å²) in [5.74, 6) is 2.41. The van der Waals surface area contributed by atoms with Gasteiger partial charge in [-0.1, -0.05) is 43.0 Å². The van der Waals surface area contributed by atoms with E-state index in [2.05, 4.69) is 48.4 Å². The van der Waals surface area contributed by atoms with Crippen LogP contribution in [0.25, 0.3) is 10.7 Å². The van der Waals surface area contributed by atoms with Gasteiger partial charge in [0.15, 0.2) is 5.82 Å². The molecule has 0 aliphatic rings. The lowest BCUT2D eigenvalue weighted by molar-refractivity contribution is 0.955. The van der Waals surface area contributed by atoms with E-state index in [-0.39, 0.29) is 5.95 Å². The molecule has 0 bridgehead atoms. The highest BCUT2D eigenvalue weighted by molar-refractivity contribution is 7.98. The highest BCUT2D eigenvalue weighted by atomic mass is 32.2. The van der Waals surface area contributed by atoms with Crippen molar-refractivity contribution >= 4 is 40.7 Å². The second kappa shape index (κ2) is 8.36. The Morgan fingerprint density at radius 1 is 1.11 bits per heavy atom. The van der Waals surface area contributed by atoms with E-state index in [0.29, 0.717) is 22.7 Å². The van der Waals surface area contributed by atoms with Crippen LogP contribution in [0, 0.1) is 0 Å². The van der Waals surface area contributed by atoms with Gasteiger partial charge in [0.1, 0.15) is 5.82 Å². The van der Waals surface area contributed by atoms with Crippen LogP contribution in [-0.4, -0.2) is 30.1 Å². The molecule has 0 radical (unpaired) electrons. The van der Waals surface area contributed by atoms with Crippen LogP contribution in [0.3, 0.4) is 0 Å². The fourth-order valence-electron chi connectivity index (χ4n) is 2.59. The number of anilines is 3. The maximum atomic E-state index is 5.87. The Morgan fingerprint density at radius 2 is 2.00 bits per heavy atom. The summed E-state index contributed by atoms with van der Waals surface area (Å²) in [5.41, 5.74) is 8.02. The molecule has 0 amide bonds. The van der Waals surface area contributed by atoms with Crippen LogP contribution < -0.4 is 11.1 Å². The number of nitrogens with zero attached hydrogens (tertiary/aromatic N) is 5. The van der Waals surface area contributed by atoms with Gasteiger partial charge in [-0.2, -0.15) is 15.0 Å². The van der Waals surface area contributed by atoms with E-state index in [1.807, 2.05) is 35.7 Å². The minimum Gasteiger partial charge on any atom is -0.368 e. The number of rotatable bonds is 7. The number of benzene rings is 1. The Kier molecular flexibility index (Phi) is 5.49. The third-order valence-electron chi connectivity index (χ3n) is 3.89. The van der Waals surface area contributed by atoms with Crippen LogP contribution in [0.4, 0.5) is 17.6 Å². The molecule has 3 aromatic heterocycles. The molecule has 8 nitrogen and oxygen atoms in total. The lowest BCUT2D eigenvalue weighted by atomic mass is 10.1. The Bertz CT molecular complexity index is 1060. The molecule has 142 valence electrons. The molecule has 3 heterocycles. The molecule has 0 atom stereocenters. The van der Waals surface area contributed by atoms with Crippen LogP contribution in [0.1, 0.15) is 18.3 Å². The number of hydrogen-bond acceptors (Lipinski definition) is 9. The van der Waals surface area contributed by atoms with Crippen molar-refractivity contribution < 1.29 is 0 Å². The molecule has 4 aromatic rings. The lowest BCUT2D eigenvalue weighted by Gasteiger charge is -2.10. The Morgan fingerprint density at radius 3 is 2.82 bits per heavy atom. The molecule has 0 spiro atoms. The number of nitrogens with one attached hydrogen (secondary N) is 2. The maximum absolute atomic E-state index is 5.87. The SMILES string of the molecule is CCc1ccccc1Nc1nc(N)nc(CSc2n[nH]c(-c3cccs3)n2)n1. The van der Waals surface area contributed by atoms with Gasteiger partial charge < -0.3 is 11.1 Å². The molecule has 10 heteroatoms. The summed E-state index contributed by atoms with van der Waals surface area (Å²) in [4.78, 5) is 18.4. The summed E-state index contributed by atoms with van der Waals surface area (Å²) in [6.07, 6.45) is 0.907. The predicted molar refractivity (Wildman–Crippen MR) is 113 cm³/mol. The number of para-hydroxylation sites is 1. The van der Waals surface area contributed by atoms with Gasteiger partial charge >= 0.3 is 0 Å². The van der Waals surface area contributed by atoms with E-state index < -0.39 is 0 Å². The first-order valence-corrected chi connectivity index (χ1v) is 10.5. The number of nitrogens with two attached hydrogens (primary N) is 1. The molecule has 0 saturated carbocycles. The molecule has 0 aliphatic heterocycles. The molecule has 0 aliphatic carbocycles. The zero-order valence-electron chi connectivity index (χ0n) is 15.1. The smallest absolute Gasteiger partial charge is 0.232 e. The van der Waals surface area contributed by atoms with Crippen molar-refractivity contribution in [2.45, 2.75) is 24.3 Å². The summed E-state index contributed by atoms with van der Waals surface area (Å²) in [6.45, 7) is 2.10. The van der Waals surface area contributed by atoms with Crippen molar-refractivity contribution in [3.63, 3.8) is 0 Å². The van der Waals surface area contributed by atoms with E-state index >= 15 is 0 Å². The predicted octanol–water partition coefficient (Wildman–Crippen LogP) is 3.90. The monoisotopic (exact) mass is 410 g/mol. The number of aromatic amines is 1. The molecular formula is C18H18N8S2. The molecule has 0 fully saturated rings. The average molecular weight is 411 g/mol. The van der Waals surface area contributed by atoms with Crippen molar-refractivity contribution in [3.8, 4) is 10.7 Å². The molecule has 1 aromatic carbocycles. The van der Waals surface area contributed by atoms with Crippen molar-refractivity contribution in [3.05, 3.63) is 53.2 Å². The summed E-state index contributed by atoms with van der Waals surface area (Å²) < 4.78 is 0. The van der Waals surface area contributed by atoms with Crippen LogP contribution in [0.2, 0.25) is 0 Å². The Balaban J connectivity index is 1.47. The third-order valence-corrected chi connectivity index (χ3v) is 5.61. The second-order valence-corrected chi connectivity index (χ2v) is 7.69. The van der Waals surface area contributed by atoms with Gasteiger partial charge in [-0.05, 0) is 29.5 Å². The topological polar surface area (TPSA) is 118 Å². The molecule has 0 unspecified atom stereocenters. The van der Waals surface area contributed by atoms with E-state index in [1.165, 1.54) is 17.3 Å². The summed E-state index contributed by atoms with van der Waals surface area (Å²) >= 11 is 3.05. The van der Waals surface area contributed by atoms with Gasteiger partial charge in [0.05, 0.1) is 10.6 Å². The number of nitrogen functional groups attached to an aromatic ring is 1. The highest BCUT2D eigenvalue weighted by Crippen LogP contribution is 2.25. The first-order valence-electron chi connectivity index (χ1n) is 8.65. The number of aryl methyl sites for hydroxylation is 1. The van der Waals surface area contributed by atoms with E-state index in [9.17, 15) is 0 Å². The van der Waals surface area contributed by atoms with Crippen LogP contribution in [0.5, 0.6) is 0 Å². The minimum absolute atomic E-state index is 0.177. The van der Waals surface area contributed by atoms with Crippen molar-refractivity contribution in [2.75, 3.05) is 11.1 Å². The Labute approximate surface area is 170 Å².